The Hall–Kier alpha value is -2.75. The van der Waals surface area contributed by atoms with Crippen molar-refractivity contribution < 1.29 is 14.3 Å². The van der Waals surface area contributed by atoms with Gasteiger partial charge in [0.2, 0.25) is 0 Å². The van der Waals surface area contributed by atoms with E-state index in [-0.39, 0.29) is 23.6 Å². The molecule has 3 heterocycles. The van der Waals surface area contributed by atoms with Crippen molar-refractivity contribution in [1.29, 1.82) is 0 Å². The van der Waals surface area contributed by atoms with Crippen LogP contribution in [0, 0.1) is 6.92 Å². The lowest BCUT2D eigenvalue weighted by Crippen LogP contribution is -2.39. The van der Waals surface area contributed by atoms with Gasteiger partial charge in [-0.3, -0.25) is 14.3 Å². The molecule has 2 aromatic heterocycles. The SMILES string of the molecule is COCCNC(=O)c1cn(C[C@@H]2CCCN2C(=O)c2cc(C)nn2C)nn1. The van der Waals surface area contributed by atoms with Crippen LogP contribution in [0.1, 0.15) is 39.5 Å². The molecule has 1 N–H and O–H groups in total. The van der Waals surface area contributed by atoms with Gasteiger partial charge in [-0.05, 0) is 25.8 Å². The molecule has 146 valence electrons. The zero-order valence-electron chi connectivity index (χ0n) is 15.9. The molecule has 0 spiro atoms. The molecule has 0 aliphatic carbocycles. The van der Waals surface area contributed by atoms with Gasteiger partial charge in [0, 0.05) is 27.2 Å². The first-order valence-corrected chi connectivity index (χ1v) is 8.98. The Kier molecular flexibility index (Phi) is 5.84. The standard InChI is InChI=1S/C17H25N7O3/c1-12-9-15(22(2)20-12)17(26)24-7-4-5-13(24)10-23-11-14(19-21-23)16(25)18-6-8-27-3/h9,11,13H,4-8,10H2,1-3H3,(H,18,25)/t13-/m0/s1. The third kappa shape index (κ3) is 4.33. The number of hydrogen-bond acceptors (Lipinski definition) is 6. The van der Waals surface area contributed by atoms with E-state index in [1.54, 1.807) is 35.8 Å². The van der Waals surface area contributed by atoms with Crippen molar-refractivity contribution in [2.75, 3.05) is 26.8 Å². The molecular formula is C17H25N7O3. The Labute approximate surface area is 157 Å². The van der Waals surface area contributed by atoms with E-state index in [1.165, 1.54) is 0 Å². The predicted octanol–water partition coefficient (Wildman–Crippen LogP) is 0.00102. The highest BCUT2D eigenvalue weighted by atomic mass is 16.5. The quantitative estimate of drug-likeness (QED) is 0.683. The summed E-state index contributed by atoms with van der Waals surface area (Å²) in [6.07, 6.45) is 3.43. The molecule has 0 radical (unpaired) electrons. The van der Waals surface area contributed by atoms with E-state index < -0.39 is 0 Å². The van der Waals surface area contributed by atoms with Crippen LogP contribution in [0.2, 0.25) is 0 Å². The highest BCUT2D eigenvalue weighted by molar-refractivity contribution is 5.93. The third-order valence-electron chi connectivity index (χ3n) is 4.62. The van der Waals surface area contributed by atoms with Crippen molar-refractivity contribution in [3.63, 3.8) is 0 Å². The number of amides is 2. The normalized spacial score (nSPS) is 16.7. The van der Waals surface area contributed by atoms with Crippen molar-refractivity contribution in [1.82, 2.24) is 35.0 Å². The summed E-state index contributed by atoms with van der Waals surface area (Å²) in [5.41, 5.74) is 1.65. The molecule has 0 bridgehead atoms. The lowest BCUT2D eigenvalue weighted by molar-refractivity contribution is 0.0709. The number of ether oxygens (including phenoxy) is 1. The average Bonchev–Trinajstić information content (AvgIpc) is 3.35. The number of carbonyl (C=O) groups excluding carboxylic acids is 2. The van der Waals surface area contributed by atoms with Gasteiger partial charge in [0.1, 0.15) is 5.69 Å². The number of carbonyl (C=O) groups is 2. The van der Waals surface area contributed by atoms with Crippen molar-refractivity contribution in [3.8, 4) is 0 Å². The van der Waals surface area contributed by atoms with Crippen molar-refractivity contribution in [3.05, 3.63) is 29.3 Å². The van der Waals surface area contributed by atoms with Crippen LogP contribution in [0.15, 0.2) is 12.3 Å². The summed E-state index contributed by atoms with van der Waals surface area (Å²) < 4.78 is 8.14. The lowest BCUT2D eigenvalue weighted by atomic mass is 10.2. The van der Waals surface area contributed by atoms with Crippen LogP contribution < -0.4 is 5.32 Å². The van der Waals surface area contributed by atoms with Crippen LogP contribution in [0.3, 0.4) is 0 Å². The van der Waals surface area contributed by atoms with E-state index in [0.29, 0.717) is 31.9 Å². The average molecular weight is 375 g/mol. The van der Waals surface area contributed by atoms with Gasteiger partial charge < -0.3 is 15.0 Å². The van der Waals surface area contributed by atoms with Gasteiger partial charge in [-0.15, -0.1) is 5.10 Å². The van der Waals surface area contributed by atoms with Crippen molar-refractivity contribution in [2.45, 2.75) is 32.4 Å². The number of nitrogens with zero attached hydrogens (tertiary/aromatic N) is 6. The van der Waals surface area contributed by atoms with Gasteiger partial charge in [0.05, 0.1) is 31.1 Å². The van der Waals surface area contributed by atoms with Gasteiger partial charge in [-0.1, -0.05) is 5.21 Å². The maximum Gasteiger partial charge on any atom is 0.273 e. The van der Waals surface area contributed by atoms with Crippen molar-refractivity contribution >= 4 is 11.8 Å². The zero-order valence-corrected chi connectivity index (χ0v) is 15.9. The third-order valence-corrected chi connectivity index (χ3v) is 4.62. The zero-order chi connectivity index (χ0) is 19.4. The van der Waals surface area contributed by atoms with Gasteiger partial charge in [0.25, 0.3) is 11.8 Å². The fraction of sp³-hybridized carbons (Fsp3) is 0.588. The summed E-state index contributed by atoms with van der Waals surface area (Å²) in [7, 11) is 3.35. The molecule has 0 aromatic carbocycles. The molecule has 2 amide bonds. The summed E-state index contributed by atoms with van der Waals surface area (Å²) in [6, 6.07) is 1.81. The molecule has 1 aliphatic rings. The summed E-state index contributed by atoms with van der Waals surface area (Å²) in [4.78, 5) is 26.8. The second-order valence-corrected chi connectivity index (χ2v) is 6.66. The van der Waals surface area contributed by atoms with Crippen LogP contribution in [0.4, 0.5) is 0 Å². The first kappa shape index (κ1) is 19.0. The smallest absolute Gasteiger partial charge is 0.273 e. The van der Waals surface area contributed by atoms with Gasteiger partial charge >= 0.3 is 0 Å². The lowest BCUT2D eigenvalue weighted by Gasteiger charge is -2.24. The maximum atomic E-state index is 12.9. The minimum absolute atomic E-state index is 0.0128. The molecule has 10 nitrogen and oxygen atoms in total. The van der Waals surface area contributed by atoms with E-state index in [2.05, 4.69) is 20.7 Å². The Morgan fingerprint density at radius 1 is 1.41 bits per heavy atom. The molecule has 1 fully saturated rings. The van der Waals surface area contributed by atoms with E-state index in [1.807, 2.05) is 11.8 Å². The van der Waals surface area contributed by atoms with Gasteiger partial charge in [0.15, 0.2) is 5.69 Å². The number of aromatic nitrogens is 5. The molecule has 3 rings (SSSR count). The number of aryl methyl sites for hydroxylation is 2. The molecular weight excluding hydrogens is 350 g/mol. The minimum atomic E-state index is -0.289. The highest BCUT2D eigenvalue weighted by Gasteiger charge is 2.31. The Morgan fingerprint density at radius 3 is 2.93 bits per heavy atom. The molecule has 0 unspecified atom stereocenters. The monoisotopic (exact) mass is 375 g/mol. The van der Waals surface area contributed by atoms with E-state index in [9.17, 15) is 9.59 Å². The molecule has 0 saturated carbocycles. The number of methoxy groups -OCH3 is 1. The number of likely N-dealkylation sites (tertiary alicyclic amines) is 1. The predicted molar refractivity (Wildman–Crippen MR) is 96.2 cm³/mol. The van der Waals surface area contributed by atoms with Gasteiger partial charge in [-0.25, -0.2) is 4.68 Å². The maximum absolute atomic E-state index is 12.9. The minimum Gasteiger partial charge on any atom is -0.383 e. The number of hydrogen-bond donors (Lipinski definition) is 1. The Morgan fingerprint density at radius 2 is 2.22 bits per heavy atom. The first-order chi connectivity index (χ1) is 13.0. The van der Waals surface area contributed by atoms with E-state index in [4.69, 9.17) is 4.74 Å². The van der Waals surface area contributed by atoms with Crippen LogP contribution in [-0.4, -0.2) is 74.3 Å². The molecule has 1 atom stereocenters. The second-order valence-electron chi connectivity index (χ2n) is 6.66. The summed E-state index contributed by atoms with van der Waals surface area (Å²) in [6.45, 7) is 3.92. The van der Waals surface area contributed by atoms with Crippen LogP contribution in [-0.2, 0) is 18.3 Å². The second kappa shape index (κ2) is 8.30. The summed E-state index contributed by atoms with van der Waals surface area (Å²) in [5.74, 6) is -0.318. The van der Waals surface area contributed by atoms with Crippen LogP contribution >= 0.6 is 0 Å². The van der Waals surface area contributed by atoms with Crippen molar-refractivity contribution in [2.24, 2.45) is 7.05 Å². The summed E-state index contributed by atoms with van der Waals surface area (Å²) >= 11 is 0. The Balaban J connectivity index is 1.64. The highest BCUT2D eigenvalue weighted by Crippen LogP contribution is 2.21. The summed E-state index contributed by atoms with van der Waals surface area (Å²) in [5, 5.41) is 14.9. The fourth-order valence-corrected chi connectivity index (χ4v) is 3.32. The topological polar surface area (TPSA) is 107 Å². The Bertz CT molecular complexity index is 813. The molecule has 10 heteroatoms. The fourth-order valence-electron chi connectivity index (χ4n) is 3.32. The largest absolute Gasteiger partial charge is 0.383 e. The first-order valence-electron chi connectivity index (χ1n) is 8.98. The van der Waals surface area contributed by atoms with E-state index >= 15 is 0 Å². The van der Waals surface area contributed by atoms with E-state index in [0.717, 1.165) is 18.5 Å². The molecule has 1 saturated heterocycles. The number of nitrogens with one attached hydrogen (secondary N) is 1. The molecule has 27 heavy (non-hydrogen) atoms. The molecule has 1 aliphatic heterocycles. The van der Waals surface area contributed by atoms with Crippen LogP contribution in [0.25, 0.3) is 0 Å². The van der Waals surface area contributed by atoms with Gasteiger partial charge in [-0.2, -0.15) is 5.10 Å². The molecule has 2 aromatic rings. The number of rotatable bonds is 7. The van der Waals surface area contributed by atoms with Crippen LogP contribution in [0.5, 0.6) is 0 Å².